The summed E-state index contributed by atoms with van der Waals surface area (Å²) in [7, 11) is 0. The summed E-state index contributed by atoms with van der Waals surface area (Å²) in [6.45, 7) is 10.5. The molecule has 0 aliphatic carbocycles. The second kappa shape index (κ2) is 5.15. The third kappa shape index (κ3) is 4.45. The van der Waals surface area contributed by atoms with Gasteiger partial charge in [-0.25, -0.2) is 0 Å². The van der Waals surface area contributed by atoms with Crippen molar-refractivity contribution >= 4 is 21.9 Å². The Balaban J connectivity index is 4.40. The lowest BCUT2D eigenvalue weighted by Crippen LogP contribution is -2.32. The van der Waals surface area contributed by atoms with Crippen molar-refractivity contribution in [1.29, 1.82) is 0 Å². The molecule has 0 radical (unpaired) electrons. The van der Waals surface area contributed by atoms with Gasteiger partial charge in [-0.05, 0) is 32.6 Å². The first-order chi connectivity index (χ1) is 6.25. The molecule has 0 bridgehead atoms. The molecule has 0 saturated heterocycles. The molecule has 0 aromatic rings. The van der Waals surface area contributed by atoms with Gasteiger partial charge in [0.05, 0.1) is 12.0 Å². The minimum Gasteiger partial charge on any atom is -0.466 e. The molecule has 0 aliphatic rings. The highest BCUT2D eigenvalue weighted by molar-refractivity contribution is 9.09. The maximum atomic E-state index is 11.6. The largest absolute Gasteiger partial charge is 0.466 e. The minimum atomic E-state index is -0.396. The fourth-order valence-electron chi connectivity index (χ4n) is 1.64. The normalized spacial score (nSPS) is 12.7. The fourth-order valence-corrected chi connectivity index (χ4v) is 1.84. The van der Waals surface area contributed by atoms with E-state index in [2.05, 4.69) is 29.8 Å². The Kier molecular flexibility index (Phi) is 5.13. The van der Waals surface area contributed by atoms with Crippen molar-refractivity contribution in [3.8, 4) is 0 Å². The molecular weight excluding hydrogens is 244 g/mol. The van der Waals surface area contributed by atoms with Crippen LogP contribution in [0.3, 0.4) is 0 Å². The average molecular weight is 265 g/mol. The number of carbonyl (C=O) groups excluding carboxylic acids is 1. The number of carbonyl (C=O) groups is 1. The van der Waals surface area contributed by atoms with Crippen molar-refractivity contribution in [2.75, 3.05) is 11.9 Å². The van der Waals surface area contributed by atoms with E-state index in [-0.39, 0.29) is 11.4 Å². The Hall–Kier alpha value is -0.0500. The van der Waals surface area contributed by atoms with Crippen LogP contribution >= 0.6 is 15.9 Å². The van der Waals surface area contributed by atoms with E-state index in [1.54, 1.807) is 0 Å². The number of alkyl halides is 1. The highest BCUT2D eigenvalue weighted by atomic mass is 79.9. The molecule has 3 heteroatoms. The van der Waals surface area contributed by atoms with Gasteiger partial charge in [-0.1, -0.05) is 29.8 Å². The summed E-state index contributed by atoms with van der Waals surface area (Å²) in [5, 5.41) is 0.892. The Labute approximate surface area is 95.5 Å². The predicted octanol–water partition coefficient (Wildman–Crippen LogP) is 3.39. The van der Waals surface area contributed by atoms with Crippen LogP contribution in [0.5, 0.6) is 0 Å². The lowest BCUT2D eigenvalue weighted by Gasteiger charge is -2.31. The number of rotatable bonds is 5. The van der Waals surface area contributed by atoms with Gasteiger partial charge in [-0.3, -0.25) is 4.79 Å². The molecule has 0 spiro atoms. The molecule has 0 heterocycles. The topological polar surface area (TPSA) is 26.3 Å². The molecule has 0 rings (SSSR count). The Bertz CT molecular complexity index is 197. The Morgan fingerprint density at radius 1 is 1.29 bits per heavy atom. The molecule has 0 unspecified atom stereocenters. The second-order valence-corrected chi connectivity index (χ2v) is 5.64. The number of halogens is 1. The third-order valence-corrected chi connectivity index (χ3v) is 3.63. The Morgan fingerprint density at radius 3 is 2.14 bits per heavy atom. The molecule has 0 aromatic heterocycles. The van der Waals surface area contributed by atoms with Gasteiger partial charge in [0.2, 0.25) is 0 Å². The standard InChI is InChI=1S/C11H21BrO2/c1-6-14-9(13)11(4,5)7-10(2,3)8-12/h6-8H2,1-5H3. The Morgan fingerprint density at radius 2 is 1.79 bits per heavy atom. The van der Waals surface area contributed by atoms with Crippen molar-refractivity contribution < 1.29 is 9.53 Å². The summed E-state index contributed by atoms with van der Waals surface area (Å²) >= 11 is 3.46. The molecule has 14 heavy (non-hydrogen) atoms. The summed E-state index contributed by atoms with van der Waals surface area (Å²) in [5.74, 6) is -0.103. The molecule has 0 N–H and O–H groups in total. The van der Waals surface area contributed by atoms with Gasteiger partial charge >= 0.3 is 5.97 Å². The van der Waals surface area contributed by atoms with Gasteiger partial charge in [0, 0.05) is 5.33 Å². The van der Waals surface area contributed by atoms with Gasteiger partial charge in [0.1, 0.15) is 0 Å². The van der Waals surface area contributed by atoms with E-state index >= 15 is 0 Å². The van der Waals surface area contributed by atoms with Gasteiger partial charge in [0.25, 0.3) is 0 Å². The number of hydrogen-bond donors (Lipinski definition) is 0. The molecule has 0 fully saturated rings. The highest BCUT2D eigenvalue weighted by Gasteiger charge is 2.35. The zero-order chi connectivity index (χ0) is 11.4. The summed E-state index contributed by atoms with van der Waals surface area (Å²) < 4.78 is 5.04. The molecule has 0 aliphatic heterocycles. The molecule has 0 saturated carbocycles. The maximum absolute atomic E-state index is 11.6. The van der Waals surface area contributed by atoms with E-state index in [1.807, 2.05) is 20.8 Å². The molecule has 0 amide bonds. The van der Waals surface area contributed by atoms with Crippen LogP contribution in [-0.4, -0.2) is 17.9 Å². The van der Waals surface area contributed by atoms with Crippen molar-refractivity contribution in [3.63, 3.8) is 0 Å². The van der Waals surface area contributed by atoms with Crippen LogP contribution in [0.4, 0.5) is 0 Å². The molecule has 2 nitrogen and oxygen atoms in total. The third-order valence-electron chi connectivity index (χ3n) is 2.11. The van der Waals surface area contributed by atoms with Gasteiger partial charge in [-0.2, -0.15) is 0 Å². The van der Waals surface area contributed by atoms with Crippen molar-refractivity contribution in [2.24, 2.45) is 10.8 Å². The molecule has 0 aromatic carbocycles. The van der Waals surface area contributed by atoms with Crippen molar-refractivity contribution in [3.05, 3.63) is 0 Å². The number of esters is 1. The highest BCUT2D eigenvalue weighted by Crippen LogP contribution is 2.35. The minimum absolute atomic E-state index is 0.103. The number of hydrogen-bond acceptors (Lipinski definition) is 2. The van der Waals surface area contributed by atoms with Gasteiger partial charge in [0.15, 0.2) is 0 Å². The predicted molar refractivity (Wildman–Crippen MR) is 62.6 cm³/mol. The molecule has 84 valence electrons. The van der Waals surface area contributed by atoms with Crippen LogP contribution in [0.2, 0.25) is 0 Å². The first-order valence-corrected chi connectivity index (χ1v) is 6.10. The summed E-state index contributed by atoms with van der Waals surface area (Å²) in [4.78, 5) is 11.6. The summed E-state index contributed by atoms with van der Waals surface area (Å²) in [6, 6.07) is 0. The van der Waals surface area contributed by atoms with Gasteiger partial charge in [-0.15, -0.1) is 0 Å². The summed E-state index contributed by atoms with van der Waals surface area (Å²) in [5.41, 5.74) is -0.274. The van der Waals surface area contributed by atoms with Crippen molar-refractivity contribution in [2.45, 2.75) is 41.0 Å². The lowest BCUT2D eigenvalue weighted by atomic mass is 9.76. The van der Waals surface area contributed by atoms with Crippen LogP contribution in [0.1, 0.15) is 41.0 Å². The van der Waals surface area contributed by atoms with Crippen LogP contribution in [0.25, 0.3) is 0 Å². The summed E-state index contributed by atoms with van der Waals surface area (Å²) in [6.07, 6.45) is 0.823. The van der Waals surface area contributed by atoms with E-state index in [0.717, 1.165) is 11.8 Å². The fraction of sp³-hybridized carbons (Fsp3) is 0.909. The van der Waals surface area contributed by atoms with E-state index in [1.165, 1.54) is 0 Å². The lowest BCUT2D eigenvalue weighted by molar-refractivity contribution is -0.155. The van der Waals surface area contributed by atoms with Crippen LogP contribution in [0, 0.1) is 10.8 Å². The smallest absolute Gasteiger partial charge is 0.311 e. The molecule has 0 atom stereocenters. The molecular formula is C11H21BrO2. The number of ether oxygens (including phenoxy) is 1. The SMILES string of the molecule is CCOC(=O)C(C)(C)CC(C)(C)CBr. The average Bonchev–Trinajstić information content (AvgIpc) is 2.03. The second-order valence-electron chi connectivity index (χ2n) is 5.08. The zero-order valence-corrected chi connectivity index (χ0v) is 11.4. The van der Waals surface area contributed by atoms with E-state index in [9.17, 15) is 4.79 Å². The first kappa shape index (κ1) is 13.9. The van der Waals surface area contributed by atoms with Crippen LogP contribution in [-0.2, 0) is 9.53 Å². The van der Waals surface area contributed by atoms with Crippen molar-refractivity contribution in [1.82, 2.24) is 0 Å². The monoisotopic (exact) mass is 264 g/mol. The van der Waals surface area contributed by atoms with E-state index in [4.69, 9.17) is 4.74 Å². The zero-order valence-electron chi connectivity index (χ0n) is 9.82. The van der Waals surface area contributed by atoms with Crippen LogP contribution in [0.15, 0.2) is 0 Å². The van der Waals surface area contributed by atoms with E-state index < -0.39 is 5.41 Å². The van der Waals surface area contributed by atoms with Crippen LogP contribution < -0.4 is 0 Å². The first-order valence-electron chi connectivity index (χ1n) is 4.98. The van der Waals surface area contributed by atoms with E-state index in [0.29, 0.717) is 6.61 Å². The quantitative estimate of drug-likeness (QED) is 0.562. The van der Waals surface area contributed by atoms with Gasteiger partial charge < -0.3 is 4.74 Å². The maximum Gasteiger partial charge on any atom is 0.311 e.